The maximum absolute atomic E-state index is 12.1. The van der Waals surface area contributed by atoms with E-state index in [9.17, 15) is 13.2 Å². The highest BCUT2D eigenvalue weighted by atomic mass is 35.5. The van der Waals surface area contributed by atoms with Gasteiger partial charge in [0.1, 0.15) is 5.75 Å². The van der Waals surface area contributed by atoms with Crippen LogP contribution in [0, 0.1) is 13.8 Å². The Morgan fingerprint density at radius 3 is 1.95 bits per heavy atom. The second kappa shape index (κ2) is 7.03. The van der Waals surface area contributed by atoms with Crippen LogP contribution in [0.15, 0.2) is 42.5 Å². The van der Waals surface area contributed by atoms with Crippen molar-refractivity contribution < 1.29 is 17.9 Å². The average Bonchev–Trinajstić information content (AvgIpc) is 2.40. The lowest BCUT2D eigenvalue weighted by atomic mass is 9.96. The number of rotatable bonds is 3. The van der Waals surface area contributed by atoms with Gasteiger partial charge < -0.3 is 10.5 Å². The highest BCUT2D eigenvalue weighted by Gasteiger charge is 2.31. The van der Waals surface area contributed by atoms with Crippen LogP contribution in [0.5, 0.6) is 5.75 Å². The molecular weight excluding hydrogens is 315 g/mol. The van der Waals surface area contributed by atoms with Crippen LogP contribution in [-0.2, 0) is 0 Å². The van der Waals surface area contributed by atoms with Crippen molar-refractivity contribution in [2.75, 3.05) is 0 Å². The molecule has 0 radical (unpaired) electrons. The van der Waals surface area contributed by atoms with Gasteiger partial charge >= 0.3 is 6.36 Å². The van der Waals surface area contributed by atoms with E-state index in [-0.39, 0.29) is 24.2 Å². The summed E-state index contributed by atoms with van der Waals surface area (Å²) >= 11 is 0. The maximum Gasteiger partial charge on any atom is 0.573 e. The zero-order valence-corrected chi connectivity index (χ0v) is 13.0. The molecule has 2 N–H and O–H groups in total. The molecule has 0 saturated carbocycles. The fraction of sp³-hybridized carbons (Fsp3) is 0.250. The average molecular weight is 332 g/mol. The van der Waals surface area contributed by atoms with Crippen molar-refractivity contribution in [2.45, 2.75) is 26.3 Å². The van der Waals surface area contributed by atoms with Crippen LogP contribution >= 0.6 is 12.4 Å². The van der Waals surface area contributed by atoms with E-state index >= 15 is 0 Å². The van der Waals surface area contributed by atoms with Gasteiger partial charge in [0.2, 0.25) is 0 Å². The quantitative estimate of drug-likeness (QED) is 0.887. The van der Waals surface area contributed by atoms with Gasteiger partial charge in [-0.25, -0.2) is 0 Å². The second-order valence-corrected chi connectivity index (χ2v) is 4.94. The smallest absolute Gasteiger partial charge is 0.406 e. The van der Waals surface area contributed by atoms with Gasteiger partial charge in [-0.2, -0.15) is 0 Å². The van der Waals surface area contributed by atoms with E-state index in [2.05, 4.69) is 4.74 Å². The van der Waals surface area contributed by atoms with Crippen molar-refractivity contribution in [2.24, 2.45) is 5.73 Å². The molecule has 0 spiro atoms. The number of alkyl halides is 3. The SMILES string of the molecule is Cc1ccc([C@H](N)c2ccc(OC(F)(F)F)cc2)cc1C.Cl. The summed E-state index contributed by atoms with van der Waals surface area (Å²) in [5.74, 6) is -0.251. The Labute approximate surface area is 133 Å². The summed E-state index contributed by atoms with van der Waals surface area (Å²) in [6, 6.07) is 11.1. The topological polar surface area (TPSA) is 35.2 Å². The minimum absolute atomic E-state index is 0. The molecule has 0 bridgehead atoms. The molecule has 0 aliphatic rings. The highest BCUT2D eigenvalue weighted by Crippen LogP contribution is 2.26. The van der Waals surface area contributed by atoms with Crippen LogP contribution < -0.4 is 10.5 Å². The monoisotopic (exact) mass is 331 g/mol. The normalized spacial score (nSPS) is 12.5. The third-order valence-electron chi connectivity index (χ3n) is 3.36. The first-order valence-electron chi connectivity index (χ1n) is 6.45. The lowest BCUT2D eigenvalue weighted by molar-refractivity contribution is -0.274. The lowest BCUT2D eigenvalue weighted by Crippen LogP contribution is -2.17. The Morgan fingerprint density at radius 1 is 0.909 bits per heavy atom. The van der Waals surface area contributed by atoms with Crippen molar-refractivity contribution >= 4 is 12.4 Å². The molecule has 0 saturated heterocycles. The predicted molar refractivity (Wildman–Crippen MR) is 82.3 cm³/mol. The van der Waals surface area contributed by atoms with Crippen LogP contribution in [0.2, 0.25) is 0 Å². The predicted octanol–water partition coefficient (Wildman–Crippen LogP) is 4.67. The van der Waals surface area contributed by atoms with E-state index in [1.165, 1.54) is 17.7 Å². The molecule has 2 nitrogen and oxygen atoms in total. The van der Waals surface area contributed by atoms with Gasteiger partial charge in [-0.05, 0) is 48.2 Å². The van der Waals surface area contributed by atoms with E-state index in [0.717, 1.165) is 16.7 Å². The van der Waals surface area contributed by atoms with Crippen LogP contribution in [0.25, 0.3) is 0 Å². The molecule has 2 rings (SSSR count). The van der Waals surface area contributed by atoms with Crippen molar-refractivity contribution in [1.82, 2.24) is 0 Å². The summed E-state index contributed by atoms with van der Waals surface area (Å²) in [7, 11) is 0. The number of aryl methyl sites for hydroxylation is 2. The number of benzene rings is 2. The summed E-state index contributed by atoms with van der Waals surface area (Å²) < 4.78 is 40.1. The Kier molecular flexibility index (Phi) is 5.85. The second-order valence-electron chi connectivity index (χ2n) is 4.94. The third kappa shape index (κ3) is 4.64. The van der Waals surface area contributed by atoms with E-state index in [4.69, 9.17) is 5.73 Å². The summed E-state index contributed by atoms with van der Waals surface area (Å²) in [5.41, 5.74) is 10.1. The van der Waals surface area contributed by atoms with Crippen molar-refractivity contribution in [3.8, 4) is 5.75 Å². The zero-order chi connectivity index (χ0) is 15.6. The number of hydrogen-bond acceptors (Lipinski definition) is 2. The fourth-order valence-corrected chi connectivity index (χ4v) is 2.03. The summed E-state index contributed by atoms with van der Waals surface area (Å²) in [6.07, 6.45) is -4.68. The molecule has 1 atom stereocenters. The number of ether oxygens (including phenoxy) is 1. The van der Waals surface area contributed by atoms with Crippen LogP contribution in [-0.4, -0.2) is 6.36 Å². The molecule has 2 aromatic rings. The van der Waals surface area contributed by atoms with Crippen LogP contribution in [0.1, 0.15) is 28.3 Å². The van der Waals surface area contributed by atoms with E-state index < -0.39 is 6.36 Å². The lowest BCUT2D eigenvalue weighted by Gasteiger charge is -2.15. The van der Waals surface area contributed by atoms with Crippen LogP contribution in [0.3, 0.4) is 0 Å². The Balaban J connectivity index is 0.00000242. The first kappa shape index (κ1) is 18.3. The van der Waals surface area contributed by atoms with Crippen molar-refractivity contribution in [3.05, 3.63) is 64.7 Å². The number of halogens is 4. The fourth-order valence-electron chi connectivity index (χ4n) is 2.03. The third-order valence-corrected chi connectivity index (χ3v) is 3.36. The van der Waals surface area contributed by atoms with Gasteiger partial charge in [0.05, 0.1) is 6.04 Å². The van der Waals surface area contributed by atoms with Crippen molar-refractivity contribution in [3.63, 3.8) is 0 Å². The first-order chi connectivity index (χ1) is 9.76. The van der Waals surface area contributed by atoms with Gasteiger partial charge in [0.15, 0.2) is 0 Å². The van der Waals surface area contributed by atoms with E-state index in [1.807, 2.05) is 32.0 Å². The number of nitrogens with two attached hydrogens (primary N) is 1. The van der Waals surface area contributed by atoms with Gasteiger partial charge in [0, 0.05) is 0 Å². The Hall–Kier alpha value is -1.72. The van der Waals surface area contributed by atoms with Gasteiger partial charge in [-0.15, -0.1) is 25.6 Å². The minimum Gasteiger partial charge on any atom is -0.406 e. The summed E-state index contributed by atoms with van der Waals surface area (Å²) in [4.78, 5) is 0. The molecule has 0 aliphatic heterocycles. The van der Waals surface area contributed by atoms with Crippen LogP contribution in [0.4, 0.5) is 13.2 Å². The van der Waals surface area contributed by atoms with E-state index in [1.54, 1.807) is 12.1 Å². The molecule has 0 aliphatic carbocycles. The molecule has 0 aromatic heterocycles. The molecule has 0 fully saturated rings. The highest BCUT2D eigenvalue weighted by molar-refractivity contribution is 5.85. The number of hydrogen-bond donors (Lipinski definition) is 1. The molecular formula is C16H17ClF3NO. The molecule has 22 heavy (non-hydrogen) atoms. The van der Waals surface area contributed by atoms with Gasteiger partial charge in [-0.1, -0.05) is 30.3 Å². The molecule has 0 amide bonds. The molecule has 6 heteroatoms. The summed E-state index contributed by atoms with van der Waals surface area (Å²) in [6.45, 7) is 4.00. The standard InChI is InChI=1S/C16H16F3NO.ClH/c1-10-3-4-13(9-11(10)2)15(20)12-5-7-14(8-6-12)21-16(17,18)19;/h3-9,15H,20H2,1-2H3;1H/t15-;/m1./s1. The Morgan fingerprint density at radius 2 is 1.45 bits per heavy atom. The maximum atomic E-state index is 12.1. The molecule has 120 valence electrons. The molecule has 0 heterocycles. The van der Waals surface area contributed by atoms with E-state index in [0.29, 0.717) is 0 Å². The largest absolute Gasteiger partial charge is 0.573 e. The van der Waals surface area contributed by atoms with Crippen molar-refractivity contribution in [1.29, 1.82) is 0 Å². The van der Waals surface area contributed by atoms with Gasteiger partial charge in [-0.3, -0.25) is 0 Å². The molecule has 2 aromatic carbocycles. The minimum atomic E-state index is -4.68. The molecule has 0 unspecified atom stereocenters. The van der Waals surface area contributed by atoms with Gasteiger partial charge in [0.25, 0.3) is 0 Å². The summed E-state index contributed by atoms with van der Waals surface area (Å²) in [5, 5.41) is 0. The zero-order valence-electron chi connectivity index (χ0n) is 12.1. The Bertz CT molecular complexity index is 626. The first-order valence-corrected chi connectivity index (χ1v) is 6.45.